The van der Waals surface area contributed by atoms with Crippen molar-refractivity contribution in [3.05, 3.63) is 0 Å². The molecular formula is C5H16N2OP2. The molecule has 10 heavy (non-hydrogen) atoms. The van der Waals surface area contributed by atoms with E-state index in [1.165, 1.54) is 0 Å². The van der Waals surface area contributed by atoms with E-state index in [0.717, 1.165) is 0 Å². The quantitative estimate of drug-likeness (QED) is 0.593. The molecule has 62 valence electrons. The van der Waals surface area contributed by atoms with Crippen LogP contribution in [-0.4, -0.2) is 35.5 Å². The van der Waals surface area contributed by atoms with Gasteiger partial charge in [-0.25, -0.2) is 0 Å². The van der Waals surface area contributed by atoms with Gasteiger partial charge < -0.3 is 5.11 Å². The van der Waals surface area contributed by atoms with Crippen molar-refractivity contribution >= 4 is 18.8 Å². The lowest BCUT2D eigenvalue weighted by Crippen LogP contribution is -2.37. The summed E-state index contributed by atoms with van der Waals surface area (Å²) in [5.74, 6) is 0. The molecule has 0 fully saturated rings. The molecule has 0 aliphatic carbocycles. The van der Waals surface area contributed by atoms with Gasteiger partial charge in [-0.2, -0.15) is 0 Å². The summed E-state index contributed by atoms with van der Waals surface area (Å²) in [6.45, 7) is 2.60. The number of hydrogen-bond donors (Lipinski definition) is 2. The second-order valence-corrected chi connectivity index (χ2v) is 3.68. The molecule has 3 nitrogen and oxygen atoms in total. The Kier molecular flexibility index (Phi) is 5.80. The molecule has 0 rings (SSSR count). The number of hydrogen-bond acceptors (Lipinski definition) is 3. The van der Waals surface area contributed by atoms with E-state index in [9.17, 15) is 5.11 Å². The zero-order chi connectivity index (χ0) is 8.15. The Hall–Kier alpha value is 0.740. The van der Waals surface area contributed by atoms with Crippen molar-refractivity contribution in [3.63, 3.8) is 0 Å². The first-order chi connectivity index (χ1) is 4.57. The van der Waals surface area contributed by atoms with E-state index in [4.69, 9.17) is 0 Å². The van der Waals surface area contributed by atoms with Crippen LogP contribution in [-0.2, 0) is 0 Å². The fraction of sp³-hybridized carbons (Fsp3) is 1.00. The van der Waals surface area contributed by atoms with Crippen molar-refractivity contribution in [2.75, 3.05) is 13.6 Å². The number of rotatable bonds is 4. The second-order valence-electron chi connectivity index (χ2n) is 2.46. The molecular weight excluding hydrogens is 166 g/mol. The number of nitrogens with one attached hydrogen (secondary N) is 1. The summed E-state index contributed by atoms with van der Waals surface area (Å²) < 4.78 is 1.88. The van der Waals surface area contributed by atoms with Gasteiger partial charge in [0.25, 0.3) is 0 Å². The van der Waals surface area contributed by atoms with Gasteiger partial charge in [0.05, 0.1) is 6.10 Å². The Bertz CT molecular complexity index is 91.7. The molecule has 0 spiro atoms. The minimum absolute atomic E-state index is 0.119. The molecule has 4 atom stereocenters. The van der Waals surface area contributed by atoms with Gasteiger partial charge in [0.1, 0.15) is 0 Å². The Labute approximate surface area is 67.1 Å². The number of aliphatic hydroxyl groups is 1. The topological polar surface area (TPSA) is 35.5 Å². The Morgan fingerprint density at radius 3 is 2.50 bits per heavy atom. The number of aliphatic hydroxyl groups excluding tert-OH is 1. The van der Waals surface area contributed by atoms with Gasteiger partial charge in [0.15, 0.2) is 0 Å². The first-order valence-corrected chi connectivity index (χ1v) is 4.27. The third kappa shape index (κ3) is 4.54. The minimum atomic E-state index is -0.319. The highest BCUT2D eigenvalue weighted by Gasteiger charge is 2.11. The van der Waals surface area contributed by atoms with Gasteiger partial charge in [-0.1, -0.05) is 18.8 Å². The molecule has 0 amide bonds. The molecule has 0 heterocycles. The summed E-state index contributed by atoms with van der Waals surface area (Å²) in [6, 6.07) is 0.119. The van der Waals surface area contributed by atoms with E-state index in [-0.39, 0.29) is 12.1 Å². The lowest BCUT2D eigenvalue weighted by atomic mass is 10.2. The summed E-state index contributed by atoms with van der Waals surface area (Å²) in [5, 5.41) is 12.3. The molecule has 0 aromatic rings. The molecule has 2 unspecified atom stereocenters. The van der Waals surface area contributed by atoms with E-state index in [2.05, 4.69) is 23.9 Å². The maximum atomic E-state index is 9.36. The van der Waals surface area contributed by atoms with Crippen LogP contribution in [0.5, 0.6) is 0 Å². The Morgan fingerprint density at radius 1 is 1.70 bits per heavy atom. The van der Waals surface area contributed by atoms with Crippen LogP contribution < -0.4 is 5.09 Å². The van der Waals surface area contributed by atoms with Crippen LogP contribution in [0.4, 0.5) is 0 Å². The molecule has 0 aliphatic rings. The largest absolute Gasteiger partial charge is 0.390 e. The van der Waals surface area contributed by atoms with E-state index < -0.39 is 0 Å². The fourth-order valence-corrected chi connectivity index (χ4v) is 1.00. The van der Waals surface area contributed by atoms with Crippen molar-refractivity contribution in [1.82, 2.24) is 9.76 Å². The van der Waals surface area contributed by atoms with Crippen molar-refractivity contribution in [2.24, 2.45) is 0 Å². The van der Waals surface area contributed by atoms with Crippen molar-refractivity contribution in [2.45, 2.75) is 19.1 Å². The van der Waals surface area contributed by atoms with Crippen LogP contribution in [0, 0.1) is 0 Å². The average Bonchev–Trinajstić information content (AvgIpc) is 1.85. The smallest absolute Gasteiger partial charge is 0.0822 e. The van der Waals surface area contributed by atoms with Crippen LogP contribution in [0.25, 0.3) is 0 Å². The Balaban J connectivity index is 3.50. The first-order valence-electron chi connectivity index (χ1n) is 3.18. The Morgan fingerprint density at radius 2 is 2.20 bits per heavy atom. The predicted molar refractivity (Wildman–Crippen MR) is 50.7 cm³/mol. The number of nitrogens with zero attached hydrogens (tertiary/aromatic N) is 1. The van der Waals surface area contributed by atoms with Gasteiger partial charge in [0, 0.05) is 12.6 Å². The molecule has 0 aliphatic heterocycles. The normalized spacial score (nSPS) is 17.4. The molecule has 0 saturated carbocycles. The van der Waals surface area contributed by atoms with Crippen molar-refractivity contribution in [3.8, 4) is 0 Å². The van der Waals surface area contributed by atoms with Gasteiger partial charge in [-0.3, -0.25) is 9.76 Å². The van der Waals surface area contributed by atoms with Gasteiger partial charge in [-0.15, -0.1) is 0 Å². The fourth-order valence-electron chi connectivity index (χ4n) is 0.564. The third-order valence-corrected chi connectivity index (χ3v) is 2.05. The van der Waals surface area contributed by atoms with Crippen molar-refractivity contribution < 1.29 is 5.11 Å². The van der Waals surface area contributed by atoms with E-state index >= 15 is 0 Å². The second kappa shape index (κ2) is 5.40. The first kappa shape index (κ1) is 10.7. The summed E-state index contributed by atoms with van der Waals surface area (Å²) in [6.07, 6.45) is -0.319. The van der Waals surface area contributed by atoms with Crippen LogP contribution >= 0.6 is 18.8 Å². The van der Waals surface area contributed by atoms with Gasteiger partial charge in [-0.05, 0) is 14.0 Å². The molecule has 2 N–H and O–H groups in total. The monoisotopic (exact) mass is 182 g/mol. The standard InChI is InChI=1S/C5H16N2OP2/c1-4(6-9)5(8)3-7(2)10/h4-6,8H,3,9-10H2,1-2H3/t4-,5+/m0/s1. The highest BCUT2D eigenvalue weighted by Crippen LogP contribution is 2.00. The van der Waals surface area contributed by atoms with Gasteiger partial charge in [0.2, 0.25) is 0 Å². The maximum absolute atomic E-state index is 9.36. The molecule has 0 aromatic carbocycles. The molecule has 0 bridgehead atoms. The average molecular weight is 182 g/mol. The van der Waals surface area contributed by atoms with E-state index in [1.54, 1.807) is 0 Å². The highest BCUT2D eigenvalue weighted by molar-refractivity contribution is 7.13. The minimum Gasteiger partial charge on any atom is -0.390 e. The molecule has 0 saturated heterocycles. The van der Waals surface area contributed by atoms with E-state index in [1.807, 2.05) is 18.6 Å². The van der Waals surface area contributed by atoms with Crippen LogP contribution in [0.2, 0.25) is 0 Å². The van der Waals surface area contributed by atoms with E-state index in [0.29, 0.717) is 6.54 Å². The van der Waals surface area contributed by atoms with Crippen LogP contribution in [0.1, 0.15) is 6.92 Å². The lowest BCUT2D eigenvalue weighted by Gasteiger charge is -2.20. The SMILES string of the molecule is C[C@H](NP)[C@H](O)CN(C)P. The summed E-state index contributed by atoms with van der Waals surface area (Å²) in [5.41, 5.74) is 0. The zero-order valence-electron chi connectivity index (χ0n) is 6.41. The van der Waals surface area contributed by atoms with Gasteiger partial charge >= 0.3 is 0 Å². The molecule has 0 radical (unpaired) electrons. The summed E-state index contributed by atoms with van der Waals surface area (Å²) in [7, 11) is 6.80. The van der Waals surface area contributed by atoms with Crippen molar-refractivity contribution in [1.29, 1.82) is 0 Å². The summed E-state index contributed by atoms with van der Waals surface area (Å²) in [4.78, 5) is 0. The number of likely N-dealkylation sites (N-methyl/N-ethyl adjacent to an activating group) is 1. The molecule has 0 aromatic heterocycles. The molecule has 5 heteroatoms. The maximum Gasteiger partial charge on any atom is 0.0822 e. The third-order valence-electron chi connectivity index (χ3n) is 1.32. The highest BCUT2D eigenvalue weighted by atomic mass is 31.0. The lowest BCUT2D eigenvalue weighted by molar-refractivity contribution is 0.129. The van der Waals surface area contributed by atoms with Crippen LogP contribution in [0.15, 0.2) is 0 Å². The summed E-state index contributed by atoms with van der Waals surface area (Å²) >= 11 is 0. The zero-order valence-corrected chi connectivity index (χ0v) is 8.72. The predicted octanol–water partition coefficient (Wildman–Crippen LogP) is -0.163. The van der Waals surface area contributed by atoms with Crippen LogP contribution in [0.3, 0.4) is 0 Å².